The zero-order valence-corrected chi connectivity index (χ0v) is 18.3. The molecule has 1 spiro atoms. The van der Waals surface area contributed by atoms with Crippen LogP contribution in [0.1, 0.15) is 54.2 Å². The summed E-state index contributed by atoms with van der Waals surface area (Å²) >= 11 is 0. The van der Waals surface area contributed by atoms with Gasteiger partial charge in [0, 0.05) is 50.5 Å². The Labute approximate surface area is 183 Å². The fraction of sp³-hybridized carbons (Fsp3) is 0.480. The molecule has 2 aromatic rings. The molecule has 5 rings (SSSR count). The maximum absolute atomic E-state index is 13.9. The van der Waals surface area contributed by atoms with Crippen LogP contribution in [0.3, 0.4) is 0 Å². The standard InChI is InChI=1S/C25H30N4O2/c1-18(2)29-23(30)21-11-4-3-10-20(21)22(24(31)28-13-7-8-14-28)25(29)16-27(17-25)15-19-9-5-6-12-26-19/h3-6,9-12,18,22H,7-8,13-17H2,1-2H3. The molecule has 0 N–H and O–H groups in total. The summed E-state index contributed by atoms with van der Waals surface area (Å²) < 4.78 is 0. The molecule has 0 bridgehead atoms. The van der Waals surface area contributed by atoms with Crippen molar-refractivity contribution in [2.24, 2.45) is 0 Å². The predicted molar refractivity (Wildman–Crippen MR) is 119 cm³/mol. The number of carbonyl (C=O) groups excluding carboxylic acids is 2. The van der Waals surface area contributed by atoms with Gasteiger partial charge in [-0.1, -0.05) is 24.3 Å². The van der Waals surface area contributed by atoms with E-state index in [9.17, 15) is 9.59 Å². The van der Waals surface area contributed by atoms with Gasteiger partial charge in [-0.15, -0.1) is 0 Å². The van der Waals surface area contributed by atoms with Crippen LogP contribution in [0, 0.1) is 0 Å². The number of rotatable bonds is 4. The average molecular weight is 419 g/mol. The normalized spacial score (nSPS) is 22.7. The molecule has 2 saturated heterocycles. The second-order valence-electron chi connectivity index (χ2n) is 9.39. The predicted octanol–water partition coefficient (Wildman–Crippen LogP) is 2.91. The molecule has 1 aromatic carbocycles. The van der Waals surface area contributed by atoms with E-state index in [0.717, 1.165) is 43.7 Å². The lowest BCUT2D eigenvalue weighted by molar-refractivity contribution is -0.144. The highest BCUT2D eigenvalue weighted by Crippen LogP contribution is 2.48. The maximum Gasteiger partial charge on any atom is 0.254 e. The van der Waals surface area contributed by atoms with Crippen LogP contribution in [0.25, 0.3) is 0 Å². The Kier molecular flexibility index (Phi) is 5.05. The first kappa shape index (κ1) is 20.2. The molecule has 1 unspecified atom stereocenters. The molecule has 2 fully saturated rings. The molecule has 6 heteroatoms. The summed E-state index contributed by atoms with van der Waals surface area (Å²) in [6, 6.07) is 13.7. The number of nitrogens with zero attached hydrogens (tertiary/aromatic N) is 4. The fourth-order valence-electron chi connectivity index (χ4n) is 5.83. The molecule has 4 heterocycles. The summed E-state index contributed by atoms with van der Waals surface area (Å²) in [5.74, 6) is -0.0870. The minimum atomic E-state index is -0.506. The van der Waals surface area contributed by atoms with E-state index in [4.69, 9.17) is 0 Å². The Morgan fingerprint density at radius 3 is 2.48 bits per heavy atom. The summed E-state index contributed by atoms with van der Waals surface area (Å²) in [5.41, 5.74) is 2.09. The number of fused-ring (bicyclic) bond motifs is 1. The van der Waals surface area contributed by atoms with Gasteiger partial charge in [0.25, 0.3) is 5.91 Å². The van der Waals surface area contributed by atoms with Crippen LogP contribution < -0.4 is 0 Å². The van der Waals surface area contributed by atoms with Gasteiger partial charge in [0.1, 0.15) is 0 Å². The van der Waals surface area contributed by atoms with Crippen molar-refractivity contribution in [3.63, 3.8) is 0 Å². The summed E-state index contributed by atoms with van der Waals surface area (Å²) in [7, 11) is 0. The first-order valence-corrected chi connectivity index (χ1v) is 11.3. The summed E-state index contributed by atoms with van der Waals surface area (Å²) in [5, 5.41) is 0. The third kappa shape index (κ3) is 3.24. The van der Waals surface area contributed by atoms with Crippen LogP contribution in [0.15, 0.2) is 48.7 Å². The van der Waals surface area contributed by atoms with E-state index < -0.39 is 5.54 Å². The number of hydrogen-bond donors (Lipinski definition) is 0. The van der Waals surface area contributed by atoms with Crippen LogP contribution in [-0.4, -0.2) is 69.3 Å². The lowest BCUT2D eigenvalue weighted by Crippen LogP contribution is -2.77. The smallest absolute Gasteiger partial charge is 0.254 e. The SMILES string of the molecule is CC(C)N1C(=O)c2ccccc2C(C(=O)N2CCCC2)C12CN(Cc1ccccn1)C2. The van der Waals surface area contributed by atoms with E-state index in [2.05, 4.69) is 23.7 Å². The van der Waals surface area contributed by atoms with Gasteiger partial charge in [-0.25, -0.2) is 0 Å². The van der Waals surface area contributed by atoms with Crippen molar-refractivity contribution < 1.29 is 9.59 Å². The molecule has 3 aliphatic heterocycles. The Bertz CT molecular complexity index is 978. The molecular formula is C25H30N4O2. The number of amides is 2. The highest BCUT2D eigenvalue weighted by atomic mass is 16.2. The van der Waals surface area contributed by atoms with Crippen LogP contribution in [0.5, 0.6) is 0 Å². The molecule has 0 aliphatic carbocycles. The van der Waals surface area contributed by atoms with Gasteiger partial charge < -0.3 is 9.80 Å². The molecule has 31 heavy (non-hydrogen) atoms. The van der Waals surface area contributed by atoms with E-state index in [0.29, 0.717) is 18.7 Å². The van der Waals surface area contributed by atoms with E-state index in [1.165, 1.54) is 0 Å². The van der Waals surface area contributed by atoms with Crippen molar-refractivity contribution in [1.82, 2.24) is 19.7 Å². The molecule has 1 aromatic heterocycles. The highest BCUT2D eigenvalue weighted by molar-refractivity contribution is 6.02. The molecule has 3 aliphatic rings. The third-order valence-electron chi connectivity index (χ3n) is 7.03. The Balaban J connectivity index is 1.54. The second kappa shape index (κ2) is 7.75. The average Bonchev–Trinajstić information content (AvgIpc) is 3.28. The second-order valence-corrected chi connectivity index (χ2v) is 9.39. The van der Waals surface area contributed by atoms with Gasteiger partial charge in [0.05, 0.1) is 17.2 Å². The van der Waals surface area contributed by atoms with Crippen LogP contribution in [0.4, 0.5) is 0 Å². The Hall–Kier alpha value is -2.73. The largest absolute Gasteiger partial charge is 0.342 e. The summed E-state index contributed by atoms with van der Waals surface area (Å²) in [4.78, 5) is 38.2. The topological polar surface area (TPSA) is 56.8 Å². The van der Waals surface area contributed by atoms with Crippen molar-refractivity contribution >= 4 is 11.8 Å². The molecule has 0 saturated carbocycles. The highest BCUT2D eigenvalue weighted by Gasteiger charge is 2.61. The van der Waals surface area contributed by atoms with Crippen molar-refractivity contribution in [2.45, 2.75) is 50.7 Å². The molecule has 2 amide bonds. The van der Waals surface area contributed by atoms with Crippen LogP contribution in [0.2, 0.25) is 0 Å². The number of pyridine rings is 1. The molecule has 0 radical (unpaired) electrons. The summed E-state index contributed by atoms with van der Waals surface area (Å²) in [6.07, 6.45) is 3.93. The molecule has 162 valence electrons. The quantitative estimate of drug-likeness (QED) is 0.766. The number of carbonyl (C=O) groups is 2. The van der Waals surface area contributed by atoms with Gasteiger partial charge >= 0.3 is 0 Å². The Morgan fingerprint density at radius 2 is 1.81 bits per heavy atom. The lowest BCUT2D eigenvalue weighted by Gasteiger charge is -2.62. The number of hydrogen-bond acceptors (Lipinski definition) is 4. The van der Waals surface area contributed by atoms with Crippen molar-refractivity contribution in [3.05, 3.63) is 65.5 Å². The number of likely N-dealkylation sites (tertiary alicyclic amines) is 2. The van der Waals surface area contributed by atoms with Crippen LogP contribution >= 0.6 is 0 Å². The minimum absolute atomic E-state index is 0.0201. The molecule has 1 atom stereocenters. The van der Waals surface area contributed by atoms with E-state index in [1.807, 2.05) is 58.5 Å². The minimum Gasteiger partial charge on any atom is -0.342 e. The van der Waals surface area contributed by atoms with E-state index in [1.54, 1.807) is 0 Å². The third-order valence-corrected chi connectivity index (χ3v) is 7.03. The zero-order chi connectivity index (χ0) is 21.6. The molecular weight excluding hydrogens is 388 g/mol. The zero-order valence-electron chi connectivity index (χ0n) is 18.3. The first-order chi connectivity index (χ1) is 15.0. The van der Waals surface area contributed by atoms with Gasteiger partial charge in [0.15, 0.2) is 0 Å². The van der Waals surface area contributed by atoms with Gasteiger partial charge in [-0.3, -0.25) is 19.5 Å². The van der Waals surface area contributed by atoms with Crippen molar-refractivity contribution in [2.75, 3.05) is 26.2 Å². The number of benzene rings is 1. The van der Waals surface area contributed by atoms with Crippen molar-refractivity contribution in [1.29, 1.82) is 0 Å². The van der Waals surface area contributed by atoms with E-state index >= 15 is 0 Å². The fourth-order valence-corrected chi connectivity index (χ4v) is 5.83. The monoisotopic (exact) mass is 418 g/mol. The number of aromatic nitrogens is 1. The lowest BCUT2D eigenvalue weighted by atomic mass is 9.67. The summed E-state index contributed by atoms with van der Waals surface area (Å²) in [6.45, 7) is 7.87. The molecule has 6 nitrogen and oxygen atoms in total. The van der Waals surface area contributed by atoms with Gasteiger partial charge in [-0.2, -0.15) is 0 Å². The van der Waals surface area contributed by atoms with Gasteiger partial charge in [0.2, 0.25) is 5.91 Å². The Morgan fingerprint density at radius 1 is 1.10 bits per heavy atom. The van der Waals surface area contributed by atoms with E-state index in [-0.39, 0.29) is 23.8 Å². The van der Waals surface area contributed by atoms with Crippen LogP contribution in [-0.2, 0) is 11.3 Å². The van der Waals surface area contributed by atoms with Gasteiger partial charge in [-0.05, 0) is 50.5 Å². The maximum atomic E-state index is 13.9. The van der Waals surface area contributed by atoms with Crippen molar-refractivity contribution in [3.8, 4) is 0 Å². The first-order valence-electron chi connectivity index (χ1n) is 11.3.